The highest BCUT2D eigenvalue weighted by Gasteiger charge is 2.16. The third kappa shape index (κ3) is 4.44. The van der Waals surface area contributed by atoms with Crippen molar-refractivity contribution in [3.63, 3.8) is 0 Å². The van der Waals surface area contributed by atoms with Crippen molar-refractivity contribution in [2.45, 2.75) is 13.8 Å². The highest BCUT2D eigenvalue weighted by atomic mass is 15.1. The van der Waals surface area contributed by atoms with Crippen molar-refractivity contribution in [2.75, 3.05) is 13.1 Å². The Labute approximate surface area is 204 Å². The number of aromatic amines is 2. The van der Waals surface area contributed by atoms with E-state index < -0.39 is 0 Å². The van der Waals surface area contributed by atoms with Crippen LogP contribution < -0.4 is 5.32 Å². The molecule has 0 amide bonds. The highest BCUT2D eigenvalue weighted by molar-refractivity contribution is 5.98. The van der Waals surface area contributed by atoms with E-state index in [1.54, 1.807) is 12.4 Å². The van der Waals surface area contributed by atoms with Gasteiger partial charge < -0.3 is 10.3 Å². The van der Waals surface area contributed by atoms with Crippen molar-refractivity contribution < 1.29 is 0 Å². The zero-order valence-corrected chi connectivity index (χ0v) is 20.0. The minimum atomic E-state index is 0.737. The monoisotopic (exact) mass is 460 g/mol. The van der Waals surface area contributed by atoms with Gasteiger partial charge in [-0.05, 0) is 66.1 Å². The van der Waals surface area contributed by atoms with Gasteiger partial charge in [-0.15, -0.1) is 0 Å². The Balaban J connectivity index is 1.58. The molecule has 0 aliphatic carbocycles. The lowest BCUT2D eigenvalue weighted by molar-refractivity contribution is 0.785. The molecule has 5 aromatic rings. The Morgan fingerprint density at radius 1 is 1.09 bits per heavy atom. The first kappa shape index (κ1) is 22.5. The van der Waals surface area contributed by atoms with Crippen molar-refractivity contribution in [1.29, 1.82) is 0 Å². The van der Waals surface area contributed by atoms with Crippen molar-refractivity contribution in [3.05, 3.63) is 96.9 Å². The number of para-hydroxylation sites is 1. The summed E-state index contributed by atoms with van der Waals surface area (Å²) in [5.41, 5.74) is 9.20. The second-order valence-corrected chi connectivity index (χ2v) is 8.30. The number of nitrogens with zero attached hydrogens (tertiary/aromatic N) is 3. The summed E-state index contributed by atoms with van der Waals surface area (Å²) in [4.78, 5) is 12.6. The van der Waals surface area contributed by atoms with Gasteiger partial charge in [0.1, 0.15) is 5.69 Å². The summed E-state index contributed by atoms with van der Waals surface area (Å²) in [7, 11) is 0. The van der Waals surface area contributed by atoms with Crippen LogP contribution in [0.3, 0.4) is 0 Å². The van der Waals surface area contributed by atoms with Gasteiger partial charge in [0, 0.05) is 29.9 Å². The number of benzene rings is 2. The average Bonchev–Trinajstić information content (AvgIpc) is 3.53. The molecule has 6 heteroatoms. The molecule has 0 atom stereocenters. The van der Waals surface area contributed by atoms with Gasteiger partial charge in [-0.3, -0.25) is 10.1 Å². The number of fused-ring (bicyclic) bond motifs is 2. The Kier molecular flexibility index (Phi) is 6.37. The van der Waals surface area contributed by atoms with Crippen molar-refractivity contribution in [1.82, 2.24) is 30.5 Å². The molecule has 0 fully saturated rings. The van der Waals surface area contributed by atoms with Crippen LogP contribution in [0, 0.1) is 0 Å². The van der Waals surface area contributed by atoms with E-state index in [4.69, 9.17) is 4.98 Å². The number of likely N-dealkylation sites (N-methyl/N-ethyl adjacent to an activating group) is 1. The largest absolute Gasteiger partial charge is 0.337 e. The number of allylic oxidation sites excluding steroid dienone is 3. The summed E-state index contributed by atoms with van der Waals surface area (Å²) in [6.07, 6.45) is 9.81. The van der Waals surface area contributed by atoms with E-state index in [0.717, 1.165) is 74.4 Å². The first-order valence-electron chi connectivity index (χ1n) is 11.8. The molecule has 2 aromatic carbocycles. The molecule has 35 heavy (non-hydrogen) atoms. The smallest absolute Gasteiger partial charge is 0.159 e. The van der Waals surface area contributed by atoms with Crippen LogP contribution in [0.25, 0.3) is 50.2 Å². The second kappa shape index (κ2) is 9.91. The molecule has 3 aromatic heterocycles. The molecule has 0 saturated carbocycles. The molecule has 0 aliphatic rings. The van der Waals surface area contributed by atoms with E-state index in [1.165, 1.54) is 0 Å². The third-order valence-electron chi connectivity index (χ3n) is 6.12. The number of H-pyrrole nitrogens is 2. The van der Waals surface area contributed by atoms with Gasteiger partial charge in [0.05, 0.1) is 16.6 Å². The van der Waals surface area contributed by atoms with Crippen molar-refractivity contribution in [2.24, 2.45) is 0 Å². The van der Waals surface area contributed by atoms with Crippen LogP contribution in [0.4, 0.5) is 0 Å². The molecular formula is C29H28N6. The molecule has 3 N–H and O–H groups in total. The predicted octanol–water partition coefficient (Wildman–Crippen LogP) is 6.29. The first-order chi connectivity index (χ1) is 17.2. The van der Waals surface area contributed by atoms with Crippen molar-refractivity contribution in [3.8, 4) is 22.6 Å². The van der Waals surface area contributed by atoms with Crippen LogP contribution in [0.5, 0.6) is 0 Å². The Morgan fingerprint density at radius 2 is 1.94 bits per heavy atom. The summed E-state index contributed by atoms with van der Waals surface area (Å²) in [5.74, 6) is 0.737. The number of hydrogen-bond acceptors (Lipinski definition) is 4. The van der Waals surface area contributed by atoms with Gasteiger partial charge in [-0.2, -0.15) is 5.10 Å². The average molecular weight is 461 g/mol. The third-order valence-corrected chi connectivity index (χ3v) is 6.12. The fraction of sp³-hybridized carbons (Fsp3) is 0.138. The number of nitrogens with one attached hydrogen (secondary N) is 3. The molecule has 0 saturated heterocycles. The Hall–Kier alpha value is -4.29. The zero-order valence-electron chi connectivity index (χ0n) is 20.0. The van der Waals surface area contributed by atoms with E-state index in [2.05, 4.69) is 82.3 Å². The Bertz CT molecular complexity index is 1550. The van der Waals surface area contributed by atoms with Gasteiger partial charge >= 0.3 is 0 Å². The van der Waals surface area contributed by atoms with Crippen molar-refractivity contribution >= 4 is 27.5 Å². The fourth-order valence-electron chi connectivity index (χ4n) is 4.27. The van der Waals surface area contributed by atoms with Gasteiger partial charge in [-0.1, -0.05) is 49.9 Å². The summed E-state index contributed by atoms with van der Waals surface area (Å²) < 4.78 is 0. The number of imidazole rings is 1. The maximum Gasteiger partial charge on any atom is 0.159 e. The molecule has 0 spiro atoms. The molecular weight excluding hydrogens is 432 g/mol. The van der Waals surface area contributed by atoms with Crippen LogP contribution >= 0.6 is 0 Å². The SMILES string of the molecule is C=C/C(=C\C(=C/C)c1ccc2[nH]nc(-c3nc4c(-c5ccncc5)cccc4[nH]3)c2c1)CNCC. The molecule has 6 nitrogen and oxygen atoms in total. The normalized spacial score (nSPS) is 12.5. The molecule has 0 radical (unpaired) electrons. The van der Waals surface area contributed by atoms with E-state index in [-0.39, 0.29) is 0 Å². The van der Waals surface area contributed by atoms with E-state index in [9.17, 15) is 0 Å². The van der Waals surface area contributed by atoms with Crippen LogP contribution in [-0.2, 0) is 0 Å². The van der Waals surface area contributed by atoms with Gasteiger partial charge in [-0.25, -0.2) is 4.98 Å². The fourth-order valence-corrected chi connectivity index (χ4v) is 4.27. The summed E-state index contributed by atoms with van der Waals surface area (Å²) in [6, 6.07) is 16.5. The molecule has 0 aliphatic heterocycles. The summed E-state index contributed by atoms with van der Waals surface area (Å²) in [6.45, 7) is 9.84. The molecule has 3 heterocycles. The van der Waals surface area contributed by atoms with Gasteiger partial charge in [0.15, 0.2) is 5.82 Å². The topological polar surface area (TPSA) is 82.3 Å². The van der Waals surface area contributed by atoms with E-state index >= 15 is 0 Å². The number of hydrogen-bond donors (Lipinski definition) is 3. The second-order valence-electron chi connectivity index (χ2n) is 8.30. The Morgan fingerprint density at radius 3 is 2.71 bits per heavy atom. The summed E-state index contributed by atoms with van der Waals surface area (Å²) in [5, 5.41) is 12.2. The number of rotatable bonds is 8. The van der Waals surface area contributed by atoms with Crippen LogP contribution in [0.2, 0.25) is 0 Å². The quantitative estimate of drug-likeness (QED) is 0.238. The highest BCUT2D eigenvalue weighted by Crippen LogP contribution is 2.32. The predicted molar refractivity (Wildman–Crippen MR) is 145 cm³/mol. The maximum atomic E-state index is 4.97. The minimum Gasteiger partial charge on any atom is -0.337 e. The zero-order chi connectivity index (χ0) is 24.2. The van der Waals surface area contributed by atoms with Crippen LogP contribution in [-0.4, -0.2) is 38.2 Å². The minimum absolute atomic E-state index is 0.737. The molecule has 0 unspecified atom stereocenters. The lowest BCUT2D eigenvalue weighted by atomic mass is 10.00. The van der Waals surface area contributed by atoms with E-state index in [0.29, 0.717) is 0 Å². The maximum absolute atomic E-state index is 4.97. The standard InChI is InChI=1S/C29H28N6/c1-4-19(18-30-6-3)16-20(5-2)22-10-11-25-24(17-22)28(35-34-25)29-32-26-9-7-8-23(27(26)33-29)21-12-14-31-15-13-21/h4-5,7-17,30H,1,6,18H2,2-3H3,(H,32,33)(H,34,35)/b19-16+,20-5+. The van der Waals surface area contributed by atoms with Crippen LogP contribution in [0.15, 0.2) is 91.3 Å². The lowest BCUT2D eigenvalue weighted by Gasteiger charge is -2.07. The first-order valence-corrected chi connectivity index (χ1v) is 11.8. The number of aromatic nitrogens is 5. The summed E-state index contributed by atoms with van der Waals surface area (Å²) >= 11 is 0. The van der Waals surface area contributed by atoms with Gasteiger partial charge in [0.25, 0.3) is 0 Å². The lowest BCUT2D eigenvalue weighted by Crippen LogP contribution is -2.15. The van der Waals surface area contributed by atoms with E-state index in [1.807, 2.05) is 30.3 Å². The van der Waals surface area contributed by atoms with Crippen LogP contribution in [0.1, 0.15) is 19.4 Å². The molecule has 0 bridgehead atoms. The molecule has 5 rings (SSSR count). The molecule has 174 valence electrons. The number of pyridine rings is 1. The van der Waals surface area contributed by atoms with Gasteiger partial charge in [0.2, 0.25) is 0 Å².